The summed E-state index contributed by atoms with van der Waals surface area (Å²) in [6, 6.07) is 5.51. The van der Waals surface area contributed by atoms with Crippen LogP contribution in [0.15, 0.2) is 71.6 Å². The topological polar surface area (TPSA) is 126 Å². The highest BCUT2D eigenvalue weighted by Gasteiger charge is 2.23. The smallest absolute Gasteiger partial charge is 0.346 e. The van der Waals surface area contributed by atoms with Crippen LogP contribution < -0.4 is 16.0 Å². The van der Waals surface area contributed by atoms with Crippen LogP contribution in [0.4, 0.5) is 19.4 Å². The number of rotatable bonds is 7. The van der Waals surface area contributed by atoms with Gasteiger partial charge in [-0.05, 0) is 48.9 Å². The molecule has 0 saturated carbocycles. The summed E-state index contributed by atoms with van der Waals surface area (Å²) >= 11 is 0. The number of hydrogen-bond donors (Lipinski definition) is 3. The van der Waals surface area contributed by atoms with Crippen LogP contribution in [-0.2, 0) is 6.54 Å². The Morgan fingerprint density at radius 2 is 2.11 bits per heavy atom. The van der Waals surface area contributed by atoms with Gasteiger partial charge in [0.05, 0.1) is 41.8 Å². The molecule has 3 heterocycles. The molecular formula is C24H20F2N8O2. The van der Waals surface area contributed by atoms with Gasteiger partial charge in [0.1, 0.15) is 11.5 Å². The molecule has 36 heavy (non-hydrogen) atoms. The highest BCUT2D eigenvalue weighted by atomic mass is 19.2. The average molecular weight is 490 g/mol. The molecule has 1 aliphatic carbocycles. The Bertz CT molecular complexity index is 1450. The maximum atomic E-state index is 13.6. The Morgan fingerprint density at radius 3 is 2.94 bits per heavy atom. The van der Waals surface area contributed by atoms with Gasteiger partial charge in [0.25, 0.3) is 5.91 Å². The maximum Gasteiger partial charge on any atom is 0.346 e. The van der Waals surface area contributed by atoms with Crippen molar-refractivity contribution in [2.45, 2.75) is 25.6 Å². The Labute approximate surface area is 203 Å². The van der Waals surface area contributed by atoms with Crippen LogP contribution in [0.3, 0.4) is 0 Å². The molecule has 2 aromatic heterocycles. The zero-order valence-electron chi connectivity index (χ0n) is 18.9. The van der Waals surface area contributed by atoms with Crippen molar-refractivity contribution in [3.8, 4) is 0 Å². The van der Waals surface area contributed by atoms with Crippen LogP contribution in [0.2, 0.25) is 0 Å². The third-order valence-corrected chi connectivity index (χ3v) is 5.67. The number of carbonyl (C=O) groups excluding carboxylic acids is 2. The first-order valence-corrected chi connectivity index (χ1v) is 11.0. The van der Waals surface area contributed by atoms with Gasteiger partial charge in [0.15, 0.2) is 11.6 Å². The van der Waals surface area contributed by atoms with E-state index in [9.17, 15) is 18.4 Å². The number of aliphatic imine (C=N–C) groups is 1. The van der Waals surface area contributed by atoms with Crippen LogP contribution in [-0.4, -0.2) is 37.6 Å². The summed E-state index contributed by atoms with van der Waals surface area (Å²) in [5, 5.41) is 16.8. The van der Waals surface area contributed by atoms with E-state index >= 15 is 0 Å². The standard InChI is InChI=1S/C24H20F2N8O2/c1-13(14-4-6-18(25)19(26)9-14)29-23(35)17-3-2-8-27-22(17)28-11-15-12-34(33-32-15)16-5-7-20-21(10-16)31-24(36)30-20/h2-10,12-13,16H,11H2,1H3,(H,27,28)(H,29,35)(H,31,36)/t13-,16?/m0/s1. The van der Waals surface area contributed by atoms with Gasteiger partial charge in [0, 0.05) is 6.20 Å². The molecule has 1 unspecified atom stereocenters. The van der Waals surface area contributed by atoms with Crippen molar-refractivity contribution in [2.75, 3.05) is 5.32 Å². The number of carbonyl (C=O) groups is 2. The van der Waals surface area contributed by atoms with Crippen molar-refractivity contribution >= 4 is 23.5 Å². The summed E-state index contributed by atoms with van der Waals surface area (Å²) in [7, 11) is 0. The molecule has 0 spiro atoms. The first-order chi connectivity index (χ1) is 17.4. The minimum Gasteiger partial charge on any atom is -0.364 e. The van der Waals surface area contributed by atoms with Crippen LogP contribution in [0, 0.1) is 11.6 Å². The fourth-order valence-corrected chi connectivity index (χ4v) is 3.79. The largest absolute Gasteiger partial charge is 0.364 e. The molecule has 0 bridgehead atoms. The molecule has 3 amide bonds. The second-order valence-electron chi connectivity index (χ2n) is 8.17. The second-order valence-corrected chi connectivity index (χ2v) is 8.17. The molecule has 2 atom stereocenters. The molecule has 0 radical (unpaired) electrons. The van der Waals surface area contributed by atoms with E-state index < -0.39 is 29.6 Å². The van der Waals surface area contributed by atoms with Crippen molar-refractivity contribution in [1.29, 1.82) is 0 Å². The number of amides is 3. The van der Waals surface area contributed by atoms with E-state index in [4.69, 9.17) is 0 Å². The van der Waals surface area contributed by atoms with Gasteiger partial charge in [-0.25, -0.2) is 23.2 Å². The van der Waals surface area contributed by atoms with Crippen LogP contribution in [0.25, 0.3) is 0 Å². The molecule has 3 aromatic rings. The Hall–Kier alpha value is -4.74. The molecule has 5 rings (SSSR count). The molecule has 10 nitrogen and oxygen atoms in total. The fraction of sp³-hybridized carbons (Fsp3) is 0.167. The van der Waals surface area contributed by atoms with Crippen molar-refractivity contribution in [2.24, 2.45) is 4.99 Å². The number of benzene rings is 1. The van der Waals surface area contributed by atoms with E-state index in [-0.39, 0.29) is 18.2 Å². The van der Waals surface area contributed by atoms with E-state index in [0.717, 1.165) is 12.1 Å². The van der Waals surface area contributed by atoms with Gasteiger partial charge in [0.2, 0.25) is 0 Å². The summed E-state index contributed by atoms with van der Waals surface area (Å²) in [4.78, 5) is 32.4. The summed E-state index contributed by atoms with van der Waals surface area (Å²) in [5.74, 6) is -2.03. The van der Waals surface area contributed by atoms with E-state index in [1.165, 1.54) is 6.07 Å². The Morgan fingerprint density at radius 1 is 1.25 bits per heavy atom. The lowest BCUT2D eigenvalue weighted by atomic mass is 10.1. The molecule has 182 valence electrons. The molecule has 1 aliphatic heterocycles. The van der Waals surface area contributed by atoms with Gasteiger partial charge < -0.3 is 16.0 Å². The molecule has 0 fully saturated rings. The van der Waals surface area contributed by atoms with Crippen molar-refractivity contribution < 1.29 is 18.4 Å². The summed E-state index contributed by atoms with van der Waals surface area (Å²) in [6.45, 7) is 1.92. The summed E-state index contributed by atoms with van der Waals surface area (Å²) in [6.07, 6.45) is 8.71. The normalized spacial score (nSPS) is 17.1. The number of nitrogens with one attached hydrogen (secondary N) is 3. The van der Waals surface area contributed by atoms with Gasteiger partial charge in [-0.2, -0.15) is 4.99 Å². The number of aromatic nitrogens is 4. The van der Waals surface area contributed by atoms with E-state index in [1.54, 1.807) is 42.2 Å². The zero-order valence-corrected chi connectivity index (χ0v) is 18.9. The lowest BCUT2D eigenvalue weighted by Gasteiger charge is -2.16. The van der Waals surface area contributed by atoms with Crippen molar-refractivity contribution in [1.82, 2.24) is 30.6 Å². The Kier molecular flexibility index (Phi) is 6.07. The quantitative estimate of drug-likeness (QED) is 0.467. The van der Waals surface area contributed by atoms with E-state index in [2.05, 4.69) is 36.2 Å². The number of pyridine rings is 1. The molecular weight excluding hydrogens is 470 g/mol. The number of fused-ring (bicyclic) bond motifs is 1. The van der Waals surface area contributed by atoms with Gasteiger partial charge >= 0.3 is 6.03 Å². The third kappa shape index (κ3) is 4.73. The first-order valence-electron chi connectivity index (χ1n) is 11.0. The predicted molar refractivity (Wildman–Crippen MR) is 126 cm³/mol. The van der Waals surface area contributed by atoms with Gasteiger partial charge in [-0.3, -0.25) is 4.79 Å². The monoisotopic (exact) mass is 490 g/mol. The highest BCUT2D eigenvalue weighted by Crippen LogP contribution is 2.21. The van der Waals surface area contributed by atoms with Crippen LogP contribution in [0.1, 0.15) is 40.6 Å². The number of hydrogen-bond acceptors (Lipinski definition) is 6. The minimum absolute atomic E-state index is 0.243. The zero-order chi connectivity index (χ0) is 25.2. The highest BCUT2D eigenvalue weighted by molar-refractivity contribution is 6.18. The molecule has 1 aromatic carbocycles. The summed E-state index contributed by atoms with van der Waals surface area (Å²) in [5.41, 5.74) is 2.52. The molecule has 12 heteroatoms. The lowest BCUT2D eigenvalue weighted by molar-refractivity contribution is 0.0940. The number of nitrogens with zero attached hydrogens (tertiary/aromatic N) is 5. The molecule has 0 saturated heterocycles. The number of allylic oxidation sites excluding steroid dienone is 3. The summed E-state index contributed by atoms with van der Waals surface area (Å²) < 4.78 is 28.4. The maximum absolute atomic E-state index is 13.6. The lowest BCUT2D eigenvalue weighted by Crippen LogP contribution is -2.27. The average Bonchev–Trinajstić information content (AvgIpc) is 3.49. The van der Waals surface area contributed by atoms with Crippen LogP contribution >= 0.6 is 0 Å². The minimum atomic E-state index is -0.980. The predicted octanol–water partition coefficient (Wildman–Crippen LogP) is 3.21. The molecule has 2 aliphatic rings. The van der Waals surface area contributed by atoms with E-state index in [0.29, 0.717) is 28.5 Å². The van der Waals surface area contributed by atoms with Crippen LogP contribution in [0.5, 0.6) is 0 Å². The first kappa shape index (κ1) is 23.0. The fourth-order valence-electron chi connectivity index (χ4n) is 3.79. The number of urea groups is 1. The second kappa shape index (κ2) is 9.49. The number of halogens is 2. The third-order valence-electron chi connectivity index (χ3n) is 5.67. The van der Waals surface area contributed by atoms with Crippen molar-refractivity contribution in [3.63, 3.8) is 0 Å². The van der Waals surface area contributed by atoms with Gasteiger partial charge in [-0.15, -0.1) is 5.10 Å². The van der Waals surface area contributed by atoms with E-state index in [1.807, 2.05) is 12.2 Å². The molecule has 3 N–H and O–H groups in total. The van der Waals surface area contributed by atoms with Crippen molar-refractivity contribution in [3.05, 3.63) is 95.1 Å². The van der Waals surface area contributed by atoms with Gasteiger partial charge in [-0.1, -0.05) is 17.4 Å². The SMILES string of the molecule is C[C@H](NC(=O)c1cccnc1NCc1cn(C2C=CC3=NC(=O)NC3=C2)nn1)c1ccc(F)c(F)c1. The number of anilines is 1. The Balaban J connectivity index is 1.24.